The summed E-state index contributed by atoms with van der Waals surface area (Å²) >= 11 is 6.19. The second kappa shape index (κ2) is 7.59. The van der Waals surface area contributed by atoms with E-state index >= 15 is 0 Å². The Labute approximate surface area is 171 Å². The number of fused-ring (bicyclic) bond motifs is 1. The zero-order valence-corrected chi connectivity index (χ0v) is 16.8. The first-order valence-corrected chi connectivity index (χ1v) is 9.38. The van der Waals surface area contributed by atoms with Gasteiger partial charge in [-0.3, -0.25) is 4.79 Å². The van der Waals surface area contributed by atoms with Crippen LogP contribution >= 0.6 is 11.6 Å². The molecule has 9 nitrogen and oxygen atoms in total. The molecule has 3 aromatic heterocycles. The number of aromatic nitrogens is 6. The van der Waals surface area contributed by atoms with Gasteiger partial charge in [0, 0.05) is 17.9 Å². The Kier molecular flexibility index (Phi) is 4.98. The fourth-order valence-corrected chi connectivity index (χ4v) is 3.04. The lowest BCUT2D eigenvalue weighted by atomic mass is 10.2. The van der Waals surface area contributed by atoms with Crippen molar-refractivity contribution >= 4 is 23.3 Å². The molecule has 0 N–H and O–H groups in total. The van der Waals surface area contributed by atoms with Crippen LogP contribution in [0.1, 0.15) is 36.1 Å². The molecule has 0 saturated carbocycles. The van der Waals surface area contributed by atoms with Crippen molar-refractivity contribution in [3.8, 4) is 11.5 Å². The van der Waals surface area contributed by atoms with Gasteiger partial charge in [-0.1, -0.05) is 23.7 Å². The van der Waals surface area contributed by atoms with E-state index in [1.54, 1.807) is 29.3 Å². The molecule has 10 heteroatoms. The molecule has 1 aromatic carbocycles. The van der Waals surface area contributed by atoms with Crippen LogP contribution in [-0.2, 0) is 6.54 Å². The Hall–Kier alpha value is -3.33. The average molecular weight is 412 g/mol. The third-order valence-electron chi connectivity index (χ3n) is 4.38. The molecular formula is C19H18ClN7O2. The zero-order chi connectivity index (χ0) is 20.5. The summed E-state index contributed by atoms with van der Waals surface area (Å²) in [6, 6.07) is 8.85. The molecule has 0 bridgehead atoms. The first kappa shape index (κ1) is 19.0. The maximum atomic E-state index is 13.1. The number of carbonyl (C=O) groups excluding carboxylic acids is 1. The summed E-state index contributed by atoms with van der Waals surface area (Å²) in [5, 5.41) is 12.9. The van der Waals surface area contributed by atoms with E-state index in [2.05, 4.69) is 25.3 Å². The summed E-state index contributed by atoms with van der Waals surface area (Å²) in [6.45, 7) is 5.77. The Morgan fingerprint density at radius 3 is 2.76 bits per heavy atom. The molecule has 0 aliphatic carbocycles. The molecule has 4 rings (SSSR count). The van der Waals surface area contributed by atoms with Crippen molar-refractivity contribution in [1.29, 1.82) is 0 Å². The monoisotopic (exact) mass is 411 g/mol. The average Bonchev–Trinajstić information content (AvgIpc) is 3.33. The highest BCUT2D eigenvalue weighted by molar-refractivity contribution is 6.33. The molecule has 29 heavy (non-hydrogen) atoms. The van der Waals surface area contributed by atoms with E-state index in [4.69, 9.17) is 16.0 Å². The number of amides is 1. The second-order valence-corrected chi connectivity index (χ2v) is 7.15. The van der Waals surface area contributed by atoms with Crippen LogP contribution in [0, 0.1) is 6.92 Å². The van der Waals surface area contributed by atoms with Gasteiger partial charge in [-0.2, -0.15) is 4.98 Å². The van der Waals surface area contributed by atoms with Crippen molar-refractivity contribution < 1.29 is 9.21 Å². The van der Waals surface area contributed by atoms with Crippen LogP contribution < -0.4 is 0 Å². The Morgan fingerprint density at radius 2 is 2.03 bits per heavy atom. The second-order valence-electron chi connectivity index (χ2n) is 6.74. The highest BCUT2D eigenvalue weighted by Crippen LogP contribution is 2.26. The number of halogens is 1. The summed E-state index contributed by atoms with van der Waals surface area (Å²) in [5.74, 6) is 0.678. The van der Waals surface area contributed by atoms with Crippen molar-refractivity contribution in [2.45, 2.75) is 33.4 Å². The largest absolute Gasteiger partial charge is 0.419 e. The van der Waals surface area contributed by atoms with Crippen molar-refractivity contribution in [2.75, 3.05) is 0 Å². The highest BCUT2D eigenvalue weighted by Gasteiger charge is 2.26. The first-order valence-electron chi connectivity index (χ1n) is 9.00. The van der Waals surface area contributed by atoms with E-state index in [-0.39, 0.29) is 24.3 Å². The van der Waals surface area contributed by atoms with Gasteiger partial charge < -0.3 is 9.32 Å². The van der Waals surface area contributed by atoms with E-state index in [9.17, 15) is 4.79 Å². The fraction of sp³-hybridized carbons (Fsp3) is 0.263. The van der Waals surface area contributed by atoms with E-state index in [0.29, 0.717) is 28.1 Å². The van der Waals surface area contributed by atoms with Crippen LogP contribution in [0.2, 0.25) is 5.02 Å². The predicted octanol–water partition coefficient (Wildman–Crippen LogP) is 3.19. The van der Waals surface area contributed by atoms with Gasteiger partial charge in [-0.25, -0.2) is 9.50 Å². The number of rotatable bonds is 5. The van der Waals surface area contributed by atoms with Crippen LogP contribution in [0.25, 0.3) is 17.2 Å². The molecule has 0 spiro atoms. The Balaban J connectivity index is 1.60. The minimum absolute atomic E-state index is 0.0614. The standard InChI is InChI=1S/C19H18ClN7O2/c1-11(2)26(18(28)16-22-19-21-9-8-12(3)27(19)25-16)10-15-23-24-17(29-15)13-6-4-5-7-14(13)20/h4-9,11H,10H2,1-3H3. The van der Waals surface area contributed by atoms with Gasteiger partial charge in [0.25, 0.3) is 11.7 Å². The van der Waals surface area contributed by atoms with Crippen LogP contribution in [0.4, 0.5) is 0 Å². The predicted molar refractivity (Wildman–Crippen MR) is 105 cm³/mol. The van der Waals surface area contributed by atoms with Gasteiger partial charge in [-0.15, -0.1) is 15.3 Å². The number of aryl methyl sites for hydroxylation is 1. The third-order valence-corrected chi connectivity index (χ3v) is 4.71. The lowest BCUT2D eigenvalue weighted by molar-refractivity contribution is 0.0660. The highest BCUT2D eigenvalue weighted by atomic mass is 35.5. The smallest absolute Gasteiger partial charge is 0.294 e. The maximum absolute atomic E-state index is 13.1. The number of carbonyl (C=O) groups is 1. The van der Waals surface area contributed by atoms with Crippen molar-refractivity contribution in [1.82, 2.24) is 34.7 Å². The molecule has 0 aliphatic heterocycles. The summed E-state index contributed by atoms with van der Waals surface area (Å²) in [7, 11) is 0. The molecular weight excluding hydrogens is 394 g/mol. The Morgan fingerprint density at radius 1 is 1.24 bits per heavy atom. The number of nitrogens with zero attached hydrogens (tertiary/aromatic N) is 7. The third kappa shape index (κ3) is 3.68. The summed E-state index contributed by atoms with van der Waals surface area (Å²) in [4.78, 5) is 23.0. The molecule has 148 valence electrons. The summed E-state index contributed by atoms with van der Waals surface area (Å²) < 4.78 is 7.27. The lowest BCUT2D eigenvalue weighted by Crippen LogP contribution is -2.37. The van der Waals surface area contributed by atoms with Gasteiger partial charge in [0.2, 0.25) is 17.6 Å². The summed E-state index contributed by atoms with van der Waals surface area (Å²) in [6.07, 6.45) is 1.63. The number of hydrogen-bond acceptors (Lipinski definition) is 7. The molecule has 0 atom stereocenters. The SMILES string of the molecule is Cc1ccnc2nc(C(=O)N(Cc3nnc(-c4ccccc4Cl)o3)C(C)C)nn12. The summed E-state index contributed by atoms with van der Waals surface area (Å²) in [5.41, 5.74) is 1.47. The van der Waals surface area contributed by atoms with Crippen molar-refractivity contribution in [3.63, 3.8) is 0 Å². The normalized spacial score (nSPS) is 11.3. The zero-order valence-electron chi connectivity index (χ0n) is 16.1. The van der Waals surface area contributed by atoms with E-state index in [0.717, 1.165) is 5.69 Å². The minimum Gasteiger partial charge on any atom is -0.419 e. The van der Waals surface area contributed by atoms with Gasteiger partial charge >= 0.3 is 0 Å². The topological polar surface area (TPSA) is 102 Å². The van der Waals surface area contributed by atoms with E-state index < -0.39 is 0 Å². The molecule has 3 heterocycles. The molecule has 1 amide bonds. The van der Waals surface area contributed by atoms with Gasteiger partial charge in [0.05, 0.1) is 17.1 Å². The molecule has 0 unspecified atom stereocenters. The van der Waals surface area contributed by atoms with Crippen LogP contribution in [0.15, 0.2) is 40.9 Å². The van der Waals surface area contributed by atoms with Crippen LogP contribution in [0.5, 0.6) is 0 Å². The van der Waals surface area contributed by atoms with Crippen LogP contribution in [0.3, 0.4) is 0 Å². The van der Waals surface area contributed by atoms with E-state index in [1.807, 2.05) is 32.9 Å². The Bertz CT molecular complexity index is 1180. The number of hydrogen-bond donors (Lipinski definition) is 0. The first-order chi connectivity index (χ1) is 13.9. The van der Waals surface area contributed by atoms with E-state index in [1.165, 1.54) is 4.52 Å². The molecule has 0 fully saturated rings. The van der Waals surface area contributed by atoms with Gasteiger partial charge in [0.1, 0.15) is 0 Å². The van der Waals surface area contributed by atoms with Crippen LogP contribution in [-0.4, -0.2) is 46.6 Å². The quantitative estimate of drug-likeness (QED) is 0.496. The molecule has 0 saturated heterocycles. The van der Waals surface area contributed by atoms with Gasteiger partial charge in [-0.05, 0) is 39.0 Å². The minimum atomic E-state index is -0.345. The molecule has 0 aliphatic rings. The lowest BCUT2D eigenvalue weighted by Gasteiger charge is -2.23. The number of benzene rings is 1. The van der Waals surface area contributed by atoms with Crippen molar-refractivity contribution in [3.05, 3.63) is 59.0 Å². The molecule has 4 aromatic rings. The van der Waals surface area contributed by atoms with Crippen molar-refractivity contribution in [2.24, 2.45) is 0 Å². The maximum Gasteiger partial charge on any atom is 0.294 e. The van der Waals surface area contributed by atoms with Gasteiger partial charge in [0.15, 0.2) is 0 Å². The molecule has 0 radical (unpaired) electrons. The fourth-order valence-electron chi connectivity index (χ4n) is 2.82.